The van der Waals surface area contributed by atoms with E-state index in [0.717, 1.165) is 5.56 Å². The minimum Gasteiger partial charge on any atom is -0.480 e. The van der Waals surface area contributed by atoms with Crippen molar-refractivity contribution < 1.29 is 8.85 Å². The molecule has 0 amide bonds. The number of methoxy groups -OCH3 is 1. The van der Waals surface area contributed by atoms with E-state index >= 15 is 0 Å². The van der Waals surface area contributed by atoms with Crippen LogP contribution in [0.5, 0.6) is 5.88 Å². The van der Waals surface area contributed by atoms with Gasteiger partial charge in [-0.3, -0.25) is 0 Å². The molecule has 10 heavy (non-hydrogen) atoms. The summed E-state index contributed by atoms with van der Waals surface area (Å²) in [5.74, 6) is -0.0504. The third-order valence-electron chi connectivity index (χ3n) is 1.11. The van der Waals surface area contributed by atoms with Crippen LogP contribution in [0.15, 0.2) is 12.3 Å². The van der Waals surface area contributed by atoms with E-state index in [1.165, 1.54) is 6.20 Å². The van der Waals surface area contributed by atoms with Gasteiger partial charge >= 0.3 is 0 Å². The predicted molar refractivity (Wildman–Crippen MR) is 39.9 cm³/mol. The molecular weight excluding hydrogens is 128 g/mol. The number of nitrogen functional groups attached to an aromatic ring is 1. The van der Waals surface area contributed by atoms with Crippen LogP contribution in [0, 0.1) is 6.92 Å². The summed E-state index contributed by atoms with van der Waals surface area (Å²) < 4.78 is 25.1. The Morgan fingerprint density at radius 3 is 3.20 bits per heavy atom. The molecular formula is C7H10N2O. The number of nitrogens with zero attached hydrogens (tertiary/aromatic N) is 1. The summed E-state index contributed by atoms with van der Waals surface area (Å²) >= 11 is 0. The molecule has 1 heterocycles. The Hall–Kier alpha value is -1.25. The van der Waals surface area contributed by atoms with Gasteiger partial charge in [0, 0.05) is 6.20 Å². The average molecular weight is 141 g/mol. The molecule has 0 aliphatic carbocycles. The summed E-state index contributed by atoms with van der Waals surface area (Å²) in [6.45, 7) is 1.81. The molecule has 0 saturated heterocycles. The molecule has 0 atom stereocenters. The van der Waals surface area contributed by atoms with Crippen LogP contribution in [0.4, 0.5) is 5.69 Å². The Kier molecular flexibility index (Phi) is 0.974. The second-order valence-corrected chi connectivity index (χ2v) is 2.01. The zero-order chi connectivity index (χ0) is 10.1. The Balaban J connectivity index is 2.90. The minimum absolute atomic E-state index is 0.0504. The number of aromatic nitrogens is 1. The van der Waals surface area contributed by atoms with Gasteiger partial charge in [-0.25, -0.2) is 4.98 Å². The van der Waals surface area contributed by atoms with E-state index < -0.39 is 7.04 Å². The lowest BCUT2D eigenvalue weighted by Crippen LogP contribution is -1.95. The highest BCUT2D eigenvalue weighted by molar-refractivity contribution is 5.48. The fraction of sp³-hybridized carbons (Fsp3) is 0.286. The molecule has 1 aromatic heterocycles. The Morgan fingerprint density at radius 2 is 2.60 bits per heavy atom. The second kappa shape index (κ2) is 2.56. The highest BCUT2D eigenvalue weighted by atomic mass is 16.5. The topological polar surface area (TPSA) is 48.1 Å². The van der Waals surface area contributed by atoms with Gasteiger partial charge in [0.25, 0.3) is 0 Å². The van der Waals surface area contributed by atoms with Crippen LogP contribution < -0.4 is 10.5 Å². The Labute approximate surface area is 64.0 Å². The number of nitrogens with two attached hydrogens (primary N) is 1. The van der Waals surface area contributed by atoms with Crippen molar-refractivity contribution in [2.45, 2.75) is 6.92 Å². The lowest BCUT2D eigenvalue weighted by atomic mass is 10.3. The highest BCUT2D eigenvalue weighted by Crippen LogP contribution is 2.16. The molecule has 1 rings (SSSR count). The fourth-order valence-electron chi connectivity index (χ4n) is 0.665. The van der Waals surface area contributed by atoms with Crippen LogP contribution in [-0.2, 0) is 0 Å². The molecule has 2 N–H and O–H groups in total. The van der Waals surface area contributed by atoms with Gasteiger partial charge in [0.1, 0.15) is 0 Å². The maximum atomic E-state index is 6.84. The zero-order valence-corrected chi connectivity index (χ0v) is 5.59. The number of anilines is 1. The molecule has 0 saturated carbocycles. The van der Waals surface area contributed by atoms with Gasteiger partial charge in [-0.15, -0.1) is 0 Å². The smallest absolute Gasteiger partial charge is 0.236 e. The number of hydrogen-bond acceptors (Lipinski definition) is 3. The van der Waals surface area contributed by atoms with Crippen LogP contribution in [0.3, 0.4) is 0 Å². The van der Waals surface area contributed by atoms with E-state index in [0.29, 0.717) is 0 Å². The van der Waals surface area contributed by atoms with Crippen molar-refractivity contribution in [2.24, 2.45) is 0 Å². The van der Waals surface area contributed by atoms with Crippen molar-refractivity contribution in [1.29, 1.82) is 0 Å². The van der Waals surface area contributed by atoms with Crippen molar-refractivity contribution in [2.75, 3.05) is 12.8 Å². The predicted octanol–water partition coefficient (Wildman–Crippen LogP) is 0.981. The molecule has 0 fully saturated rings. The van der Waals surface area contributed by atoms with Crippen molar-refractivity contribution in [1.82, 2.24) is 4.98 Å². The quantitative estimate of drug-likeness (QED) is 0.634. The highest BCUT2D eigenvalue weighted by Gasteiger charge is 1.97. The summed E-state index contributed by atoms with van der Waals surface area (Å²) in [5.41, 5.74) is 6.58. The molecule has 0 unspecified atom stereocenters. The summed E-state index contributed by atoms with van der Waals surface area (Å²) in [6, 6.07) is 1.61. The van der Waals surface area contributed by atoms with Crippen molar-refractivity contribution in [3.05, 3.63) is 17.8 Å². The van der Waals surface area contributed by atoms with Gasteiger partial charge in [-0.2, -0.15) is 0 Å². The molecule has 0 aliphatic rings. The largest absolute Gasteiger partial charge is 0.480 e. The van der Waals surface area contributed by atoms with Gasteiger partial charge in [-0.05, 0) is 18.6 Å². The van der Waals surface area contributed by atoms with Crippen molar-refractivity contribution in [3.63, 3.8) is 0 Å². The van der Waals surface area contributed by atoms with Crippen molar-refractivity contribution >= 4 is 5.69 Å². The maximum Gasteiger partial charge on any atom is 0.236 e. The van der Waals surface area contributed by atoms with Crippen LogP contribution in [0.2, 0.25) is 0 Å². The molecule has 3 heteroatoms. The van der Waals surface area contributed by atoms with Gasteiger partial charge < -0.3 is 10.5 Å². The molecule has 0 radical (unpaired) electrons. The molecule has 0 spiro atoms. The summed E-state index contributed by atoms with van der Waals surface area (Å²) in [7, 11) is -2.50. The monoisotopic (exact) mass is 141 g/mol. The average Bonchev–Trinajstić information content (AvgIpc) is 1.93. The van der Waals surface area contributed by atoms with Gasteiger partial charge in [0.15, 0.2) is 0 Å². The van der Waals surface area contributed by atoms with E-state index in [-0.39, 0.29) is 11.6 Å². The maximum absolute atomic E-state index is 6.84. The first kappa shape index (κ1) is 3.81. The van der Waals surface area contributed by atoms with E-state index in [4.69, 9.17) is 9.85 Å². The fourth-order valence-corrected chi connectivity index (χ4v) is 0.665. The van der Waals surface area contributed by atoms with Crippen LogP contribution in [-0.4, -0.2) is 12.0 Å². The first-order valence-corrected chi connectivity index (χ1v) is 2.79. The van der Waals surface area contributed by atoms with Crippen LogP contribution in [0.1, 0.15) is 9.68 Å². The van der Waals surface area contributed by atoms with E-state index in [9.17, 15) is 0 Å². The van der Waals surface area contributed by atoms with E-state index in [2.05, 4.69) is 9.72 Å². The number of rotatable bonds is 1. The molecule has 3 nitrogen and oxygen atoms in total. The lowest BCUT2D eigenvalue weighted by Gasteiger charge is -2.01. The Morgan fingerprint density at radius 1 is 1.80 bits per heavy atom. The number of hydrogen-bond donors (Lipinski definition) is 1. The Bertz CT molecular complexity index is 311. The third kappa shape index (κ3) is 1.18. The van der Waals surface area contributed by atoms with Crippen molar-refractivity contribution in [3.8, 4) is 5.88 Å². The third-order valence-corrected chi connectivity index (χ3v) is 1.11. The standard InChI is InChI=1S/C7H10N2O/c1-5-3-6(8)7(10-2)9-4-5/h3-4H,8H2,1-2H3/i2D3. The number of pyridine rings is 1. The summed E-state index contributed by atoms with van der Waals surface area (Å²) in [5, 5.41) is 0. The molecule has 0 aromatic carbocycles. The van der Waals surface area contributed by atoms with Crippen LogP contribution in [0.25, 0.3) is 0 Å². The zero-order valence-electron chi connectivity index (χ0n) is 8.59. The molecule has 54 valence electrons. The summed E-state index contributed by atoms with van der Waals surface area (Å²) in [4.78, 5) is 3.76. The number of aryl methyl sites for hydroxylation is 1. The SMILES string of the molecule is [2H]C([2H])([2H])Oc1ncc(C)cc1N. The first-order chi connectivity index (χ1) is 5.88. The summed E-state index contributed by atoms with van der Waals surface area (Å²) in [6.07, 6.45) is 1.50. The molecule has 0 aliphatic heterocycles. The second-order valence-electron chi connectivity index (χ2n) is 2.01. The van der Waals surface area contributed by atoms with Crippen LogP contribution >= 0.6 is 0 Å². The lowest BCUT2D eigenvalue weighted by molar-refractivity contribution is 0.400. The van der Waals surface area contributed by atoms with E-state index in [1.807, 2.05) is 6.92 Å². The molecule has 0 bridgehead atoms. The minimum atomic E-state index is -2.50. The van der Waals surface area contributed by atoms with Gasteiger partial charge in [0.2, 0.25) is 5.88 Å². The van der Waals surface area contributed by atoms with Gasteiger partial charge in [-0.1, -0.05) is 0 Å². The van der Waals surface area contributed by atoms with Gasteiger partial charge in [0.05, 0.1) is 16.8 Å². The first-order valence-electron chi connectivity index (χ1n) is 4.29. The number of ether oxygens (including phenoxy) is 1. The normalized spacial score (nSPS) is 15.1. The van der Waals surface area contributed by atoms with E-state index in [1.54, 1.807) is 6.07 Å². The molecule has 1 aromatic rings.